The van der Waals surface area contributed by atoms with Crippen molar-refractivity contribution < 1.29 is 4.74 Å². The molecule has 0 aromatic carbocycles. The number of aromatic nitrogens is 1. The Morgan fingerprint density at radius 3 is 2.76 bits per heavy atom. The highest BCUT2D eigenvalue weighted by Gasteiger charge is 2.28. The van der Waals surface area contributed by atoms with E-state index in [1.54, 1.807) is 0 Å². The summed E-state index contributed by atoms with van der Waals surface area (Å²) in [5.41, 5.74) is 1.65. The summed E-state index contributed by atoms with van der Waals surface area (Å²) in [6.07, 6.45) is 8.05. The molecule has 1 atom stereocenters. The SMILES string of the molecule is CCCNC(C)c1cccnc1OC1CCC(C)(C)CC1. The zero-order chi connectivity index (χ0) is 15.3. The van der Waals surface area contributed by atoms with Crippen molar-refractivity contribution in [2.45, 2.75) is 71.9 Å². The zero-order valence-corrected chi connectivity index (χ0v) is 14.0. The molecule has 1 aromatic heterocycles. The van der Waals surface area contributed by atoms with E-state index in [1.807, 2.05) is 12.3 Å². The Kier molecular flexibility index (Phi) is 5.63. The van der Waals surface area contributed by atoms with Crippen molar-refractivity contribution in [1.29, 1.82) is 0 Å². The second-order valence-electron chi connectivity index (χ2n) is 7.06. The van der Waals surface area contributed by atoms with E-state index in [4.69, 9.17) is 4.74 Å². The van der Waals surface area contributed by atoms with Crippen LogP contribution in [-0.4, -0.2) is 17.6 Å². The molecule has 118 valence electrons. The minimum atomic E-state index is 0.286. The van der Waals surface area contributed by atoms with Crippen molar-refractivity contribution in [2.24, 2.45) is 5.41 Å². The van der Waals surface area contributed by atoms with Gasteiger partial charge in [-0.05, 0) is 57.1 Å². The van der Waals surface area contributed by atoms with Gasteiger partial charge in [0.15, 0.2) is 0 Å². The molecule has 1 aliphatic carbocycles. The maximum atomic E-state index is 6.23. The first-order valence-electron chi connectivity index (χ1n) is 8.37. The molecular weight excluding hydrogens is 260 g/mol. The summed E-state index contributed by atoms with van der Waals surface area (Å²) in [7, 11) is 0. The van der Waals surface area contributed by atoms with Crippen LogP contribution in [0.25, 0.3) is 0 Å². The van der Waals surface area contributed by atoms with Crippen LogP contribution in [0.2, 0.25) is 0 Å². The van der Waals surface area contributed by atoms with Gasteiger partial charge >= 0.3 is 0 Å². The van der Waals surface area contributed by atoms with Gasteiger partial charge in [0.25, 0.3) is 0 Å². The molecule has 1 unspecified atom stereocenters. The van der Waals surface area contributed by atoms with Crippen LogP contribution in [0.3, 0.4) is 0 Å². The van der Waals surface area contributed by atoms with Crippen LogP contribution >= 0.6 is 0 Å². The van der Waals surface area contributed by atoms with Gasteiger partial charge in [0.2, 0.25) is 5.88 Å². The number of hydrogen-bond acceptors (Lipinski definition) is 3. The van der Waals surface area contributed by atoms with Crippen molar-refractivity contribution in [3.63, 3.8) is 0 Å². The van der Waals surface area contributed by atoms with Crippen LogP contribution in [0.15, 0.2) is 18.3 Å². The van der Waals surface area contributed by atoms with Gasteiger partial charge in [-0.3, -0.25) is 0 Å². The first kappa shape index (κ1) is 16.3. The molecule has 0 aliphatic heterocycles. The number of nitrogens with zero attached hydrogens (tertiary/aromatic N) is 1. The Hall–Kier alpha value is -1.09. The van der Waals surface area contributed by atoms with Crippen molar-refractivity contribution in [3.05, 3.63) is 23.9 Å². The summed E-state index contributed by atoms with van der Waals surface area (Å²) in [6, 6.07) is 4.41. The van der Waals surface area contributed by atoms with E-state index in [2.05, 4.69) is 44.1 Å². The second-order valence-corrected chi connectivity index (χ2v) is 7.06. The van der Waals surface area contributed by atoms with Gasteiger partial charge < -0.3 is 10.1 Å². The minimum absolute atomic E-state index is 0.286. The van der Waals surface area contributed by atoms with Gasteiger partial charge in [0, 0.05) is 17.8 Å². The lowest BCUT2D eigenvalue weighted by Crippen LogP contribution is -2.29. The van der Waals surface area contributed by atoms with E-state index in [0.29, 0.717) is 11.5 Å². The summed E-state index contributed by atoms with van der Waals surface area (Å²) in [5.74, 6) is 0.818. The van der Waals surface area contributed by atoms with Crippen LogP contribution in [0.5, 0.6) is 5.88 Å². The zero-order valence-electron chi connectivity index (χ0n) is 14.0. The summed E-state index contributed by atoms with van der Waals surface area (Å²) in [4.78, 5) is 4.48. The normalized spacial score (nSPS) is 20.2. The van der Waals surface area contributed by atoms with Crippen molar-refractivity contribution in [1.82, 2.24) is 10.3 Å². The largest absolute Gasteiger partial charge is 0.474 e. The number of pyridine rings is 1. The lowest BCUT2D eigenvalue weighted by Gasteiger charge is -2.34. The van der Waals surface area contributed by atoms with Crippen molar-refractivity contribution in [3.8, 4) is 5.88 Å². The molecule has 0 saturated heterocycles. The molecule has 3 heteroatoms. The monoisotopic (exact) mass is 290 g/mol. The molecule has 1 aliphatic rings. The number of hydrogen-bond donors (Lipinski definition) is 1. The third-order valence-corrected chi connectivity index (χ3v) is 4.53. The highest BCUT2D eigenvalue weighted by Crippen LogP contribution is 2.37. The molecule has 21 heavy (non-hydrogen) atoms. The molecule has 0 amide bonds. The molecule has 1 heterocycles. The van der Waals surface area contributed by atoms with Crippen LogP contribution in [0.1, 0.15) is 71.4 Å². The standard InChI is InChI=1S/C18H30N2O/c1-5-12-19-14(2)16-7-6-13-20-17(16)21-15-8-10-18(3,4)11-9-15/h6-7,13-15,19H,5,8-12H2,1-4H3. The Morgan fingerprint density at radius 2 is 2.10 bits per heavy atom. The average molecular weight is 290 g/mol. The molecule has 2 rings (SSSR count). The van der Waals surface area contributed by atoms with Gasteiger partial charge in [0.1, 0.15) is 6.10 Å². The van der Waals surface area contributed by atoms with Gasteiger partial charge in [-0.25, -0.2) is 4.98 Å². The highest BCUT2D eigenvalue weighted by atomic mass is 16.5. The fourth-order valence-electron chi connectivity index (χ4n) is 2.95. The van der Waals surface area contributed by atoms with Gasteiger partial charge in [-0.15, -0.1) is 0 Å². The Morgan fingerprint density at radius 1 is 1.38 bits per heavy atom. The average Bonchev–Trinajstić information content (AvgIpc) is 2.47. The molecule has 1 N–H and O–H groups in total. The first-order chi connectivity index (χ1) is 10.0. The van der Waals surface area contributed by atoms with Crippen molar-refractivity contribution in [2.75, 3.05) is 6.54 Å². The molecule has 0 bridgehead atoms. The van der Waals surface area contributed by atoms with Crippen molar-refractivity contribution >= 4 is 0 Å². The maximum Gasteiger partial charge on any atom is 0.218 e. The lowest BCUT2D eigenvalue weighted by atomic mass is 9.76. The van der Waals surface area contributed by atoms with E-state index in [9.17, 15) is 0 Å². The third-order valence-electron chi connectivity index (χ3n) is 4.53. The van der Waals surface area contributed by atoms with Crippen LogP contribution < -0.4 is 10.1 Å². The Labute approximate surface area is 129 Å². The molecule has 0 radical (unpaired) electrons. The van der Waals surface area contributed by atoms with E-state index in [1.165, 1.54) is 18.4 Å². The fourth-order valence-corrected chi connectivity index (χ4v) is 2.95. The van der Waals surface area contributed by atoms with Gasteiger partial charge in [0.05, 0.1) is 0 Å². The molecule has 1 saturated carbocycles. The lowest BCUT2D eigenvalue weighted by molar-refractivity contribution is 0.0935. The van der Waals surface area contributed by atoms with Gasteiger partial charge in [-0.1, -0.05) is 26.8 Å². The summed E-state index contributed by atoms with van der Waals surface area (Å²) >= 11 is 0. The fraction of sp³-hybridized carbons (Fsp3) is 0.722. The topological polar surface area (TPSA) is 34.2 Å². The van der Waals surface area contributed by atoms with Crippen LogP contribution in [0.4, 0.5) is 0 Å². The van der Waals surface area contributed by atoms with Crippen LogP contribution in [0, 0.1) is 5.41 Å². The number of ether oxygens (including phenoxy) is 1. The van der Waals surface area contributed by atoms with Crippen LogP contribution in [-0.2, 0) is 0 Å². The quantitative estimate of drug-likeness (QED) is 0.838. The molecule has 1 aromatic rings. The van der Waals surface area contributed by atoms with E-state index in [0.717, 1.165) is 31.7 Å². The molecule has 0 spiro atoms. The third kappa shape index (κ3) is 4.70. The molecule has 3 nitrogen and oxygen atoms in total. The van der Waals surface area contributed by atoms with E-state index in [-0.39, 0.29) is 6.04 Å². The van der Waals surface area contributed by atoms with E-state index >= 15 is 0 Å². The Bertz CT molecular complexity index is 435. The summed E-state index contributed by atoms with van der Waals surface area (Å²) in [6.45, 7) is 10.1. The Balaban J connectivity index is 2.00. The number of nitrogens with one attached hydrogen (secondary N) is 1. The highest BCUT2D eigenvalue weighted by molar-refractivity contribution is 5.28. The predicted molar refractivity (Wildman–Crippen MR) is 87.6 cm³/mol. The molecule has 1 fully saturated rings. The summed E-state index contributed by atoms with van der Waals surface area (Å²) in [5, 5.41) is 3.52. The molecular formula is C18H30N2O. The van der Waals surface area contributed by atoms with Gasteiger partial charge in [-0.2, -0.15) is 0 Å². The smallest absolute Gasteiger partial charge is 0.218 e. The maximum absolute atomic E-state index is 6.23. The second kappa shape index (κ2) is 7.26. The summed E-state index contributed by atoms with van der Waals surface area (Å²) < 4.78 is 6.23. The minimum Gasteiger partial charge on any atom is -0.474 e. The van der Waals surface area contributed by atoms with E-state index < -0.39 is 0 Å². The number of rotatable bonds is 6. The first-order valence-corrected chi connectivity index (χ1v) is 8.37. The predicted octanol–water partition coefficient (Wildman–Crippen LogP) is 4.49.